The van der Waals surface area contributed by atoms with E-state index in [9.17, 15) is 14.0 Å². The molecule has 0 aromatic carbocycles. The highest BCUT2D eigenvalue weighted by atomic mass is 19.1. The number of hydrogen-bond acceptors (Lipinski definition) is 4. The molecule has 0 atom stereocenters. The van der Waals surface area contributed by atoms with Gasteiger partial charge in [-0.25, -0.2) is 13.6 Å². The van der Waals surface area contributed by atoms with Crippen molar-refractivity contribution in [2.45, 2.75) is 13.3 Å². The molecule has 0 bridgehead atoms. The zero-order chi connectivity index (χ0) is 18.3. The number of hydrogen-bond donors (Lipinski definition) is 1. The second-order valence-electron chi connectivity index (χ2n) is 6.20. The van der Waals surface area contributed by atoms with Gasteiger partial charge in [0.05, 0.1) is 11.7 Å². The van der Waals surface area contributed by atoms with Gasteiger partial charge in [-0.2, -0.15) is 0 Å². The van der Waals surface area contributed by atoms with Crippen LogP contribution in [0.5, 0.6) is 0 Å². The molecular weight excluding hydrogens is 332 g/mol. The number of pyridine rings is 2. The minimum atomic E-state index is -1.42. The number of carbonyl (C=O) groups is 1. The number of carboxylic acids is 1. The van der Waals surface area contributed by atoms with Crippen molar-refractivity contribution in [3.63, 3.8) is 0 Å². The van der Waals surface area contributed by atoms with Crippen LogP contribution in [0.15, 0.2) is 17.1 Å². The number of anilines is 1. The largest absolute Gasteiger partial charge is 0.477 e. The van der Waals surface area contributed by atoms with Crippen LogP contribution < -0.4 is 10.5 Å². The number of likely N-dealkylation sites (N-methyl/N-ethyl adjacent to an activating group) is 1. The molecular formula is C17H19F2N3O3. The van der Waals surface area contributed by atoms with E-state index >= 15 is 4.39 Å². The normalized spacial score (nSPS) is 15.8. The molecule has 25 heavy (non-hydrogen) atoms. The number of rotatable bonds is 3. The Morgan fingerprint density at radius 2 is 1.88 bits per heavy atom. The van der Waals surface area contributed by atoms with Crippen molar-refractivity contribution in [3.05, 3.63) is 45.4 Å². The van der Waals surface area contributed by atoms with Gasteiger partial charge in [0.15, 0.2) is 11.6 Å². The lowest BCUT2D eigenvalue weighted by Gasteiger charge is -2.34. The number of halogens is 2. The first-order valence-corrected chi connectivity index (χ1v) is 8.08. The fourth-order valence-electron chi connectivity index (χ4n) is 3.19. The van der Waals surface area contributed by atoms with Crippen LogP contribution in [0.25, 0.3) is 5.52 Å². The van der Waals surface area contributed by atoms with Gasteiger partial charge in [-0.05, 0) is 25.1 Å². The van der Waals surface area contributed by atoms with Gasteiger partial charge < -0.3 is 14.9 Å². The lowest BCUT2D eigenvalue weighted by molar-refractivity contribution is 0.0694. The minimum Gasteiger partial charge on any atom is -0.477 e. The third kappa shape index (κ3) is 2.86. The summed E-state index contributed by atoms with van der Waals surface area (Å²) < 4.78 is 30.5. The summed E-state index contributed by atoms with van der Waals surface area (Å²) in [5.74, 6) is -3.12. The molecule has 1 N–H and O–H groups in total. The first-order valence-electron chi connectivity index (χ1n) is 8.08. The van der Waals surface area contributed by atoms with E-state index in [4.69, 9.17) is 5.11 Å². The van der Waals surface area contributed by atoms with E-state index in [-0.39, 0.29) is 11.2 Å². The fourth-order valence-corrected chi connectivity index (χ4v) is 3.19. The van der Waals surface area contributed by atoms with Gasteiger partial charge in [0.1, 0.15) is 11.3 Å². The number of carboxylic acid groups (broad SMARTS) is 1. The highest BCUT2D eigenvalue weighted by Gasteiger charge is 2.26. The highest BCUT2D eigenvalue weighted by Crippen LogP contribution is 2.29. The molecule has 1 saturated heterocycles. The fraction of sp³-hybridized carbons (Fsp3) is 0.412. The Kier molecular flexibility index (Phi) is 4.47. The molecule has 1 fully saturated rings. The van der Waals surface area contributed by atoms with Crippen LogP contribution in [-0.2, 0) is 6.42 Å². The summed E-state index contributed by atoms with van der Waals surface area (Å²) in [7, 11) is 1.94. The number of fused-ring (bicyclic) bond motifs is 1. The molecule has 1 aliphatic heterocycles. The molecule has 3 heterocycles. The quantitative estimate of drug-likeness (QED) is 0.910. The van der Waals surface area contributed by atoms with Gasteiger partial charge in [-0.1, -0.05) is 6.92 Å². The van der Waals surface area contributed by atoms with E-state index in [1.807, 2.05) is 7.05 Å². The minimum absolute atomic E-state index is 0.0622. The second-order valence-corrected chi connectivity index (χ2v) is 6.20. The molecule has 0 aliphatic carbocycles. The van der Waals surface area contributed by atoms with Gasteiger partial charge in [0, 0.05) is 26.2 Å². The summed E-state index contributed by atoms with van der Waals surface area (Å²) in [6.45, 7) is 4.02. The van der Waals surface area contributed by atoms with Gasteiger partial charge in [0.2, 0.25) is 0 Å². The van der Waals surface area contributed by atoms with E-state index < -0.39 is 28.7 Å². The smallest absolute Gasteiger partial charge is 0.341 e. The van der Waals surface area contributed by atoms with Crippen molar-refractivity contribution < 1.29 is 18.7 Å². The molecule has 0 amide bonds. The standard InChI is InChI=1S/C17H19F2N3O3/c1-3-10-8-11(17(24)25)16(23)22-9-12(18)15(13(19)14(10)22)21-6-4-20(2)5-7-21/h8-9H,3-7H2,1-2H3,(H,24,25). The molecule has 0 radical (unpaired) electrons. The van der Waals surface area contributed by atoms with Gasteiger partial charge in [-0.15, -0.1) is 0 Å². The van der Waals surface area contributed by atoms with Gasteiger partial charge >= 0.3 is 5.97 Å². The Morgan fingerprint density at radius 3 is 2.44 bits per heavy atom. The van der Waals surface area contributed by atoms with Crippen LogP contribution >= 0.6 is 0 Å². The van der Waals surface area contributed by atoms with Crippen molar-refractivity contribution >= 4 is 17.2 Å². The maximum absolute atomic E-state index is 15.2. The van der Waals surface area contributed by atoms with E-state index in [0.29, 0.717) is 38.2 Å². The average Bonchev–Trinajstić information content (AvgIpc) is 2.57. The summed E-state index contributed by atoms with van der Waals surface area (Å²) in [4.78, 5) is 27.2. The van der Waals surface area contributed by atoms with Crippen molar-refractivity contribution in [2.75, 3.05) is 38.1 Å². The zero-order valence-electron chi connectivity index (χ0n) is 14.1. The first-order chi connectivity index (χ1) is 11.8. The van der Waals surface area contributed by atoms with Crippen LogP contribution in [0, 0.1) is 11.6 Å². The van der Waals surface area contributed by atoms with Crippen LogP contribution in [0.1, 0.15) is 22.8 Å². The maximum atomic E-state index is 15.2. The van der Waals surface area contributed by atoms with Crippen LogP contribution in [-0.4, -0.2) is 53.6 Å². The molecule has 0 spiro atoms. The third-order valence-electron chi connectivity index (χ3n) is 4.63. The molecule has 0 unspecified atom stereocenters. The maximum Gasteiger partial charge on any atom is 0.341 e. The first kappa shape index (κ1) is 17.3. The number of nitrogens with zero attached hydrogens (tertiary/aromatic N) is 3. The number of aromatic carboxylic acids is 1. The Labute approximate surface area is 142 Å². The molecule has 1 aliphatic rings. The SMILES string of the molecule is CCc1cc(C(=O)O)c(=O)n2cc(F)c(N3CCN(C)CC3)c(F)c12. The predicted molar refractivity (Wildman–Crippen MR) is 89.6 cm³/mol. The number of aromatic nitrogens is 1. The van der Waals surface area contributed by atoms with Crippen molar-refractivity contribution in [1.82, 2.24) is 9.30 Å². The molecule has 2 aromatic heterocycles. The number of aryl methyl sites for hydroxylation is 1. The van der Waals surface area contributed by atoms with Gasteiger partial charge in [0.25, 0.3) is 5.56 Å². The molecule has 8 heteroatoms. The zero-order valence-corrected chi connectivity index (χ0v) is 14.1. The Hall–Kier alpha value is -2.48. The Morgan fingerprint density at radius 1 is 1.24 bits per heavy atom. The monoisotopic (exact) mass is 351 g/mol. The van der Waals surface area contributed by atoms with Crippen LogP contribution in [0.2, 0.25) is 0 Å². The molecule has 134 valence electrons. The van der Waals surface area contributed by atoms with E-state index in [1.54, 1.807) is 11.8 Å². The summed E-state index contributed by atoms with van der Waals surface area (Å²) >= 11 is 0. The lowest BCUT2D eigenvalue weighted by atomic mass is 10.1. The predicted octanol–water partition coefficient (Wildman–Crippen LogP) is 1.59. The average molecular weight is 351 g/mol. The summed E-state index contributed by atoms with van der Waals surface area (Å²) in [6.07, 6.45) is 1.20. The summed E-state index contributed by atoms with van der Waals surface area (Å²) in [5, 5.41) is 9.15. The van der Waals surface area contributed by atoms with E-state index in [0.717, 1.165) is 10.6 Å². The van der Waals surface area contributed by atoms with E-state index in [1.165, 1.54) is 6.07 Å². The molecule has 0 saturated carbocycles. The summed E-state index contributed by atoms with van der Waals surface area (Å²) in [6, 6.07) is 1.18. The van der Waals surface area contributed by atoms with E-state index in [2.05, 4.69) is 4.90 Å². The topological polar surface area (TPSA) is 65.3 Å². The molecule has 2 aromatic rings. The van der Waals surface area contributed by atoms with Crippen molar-refractivity contribution in [1.29, 1.82) is 0 Å². The third-order valence-corrected chi connectivity index (χ3v) is 4.63. The summed E-state index contributed by atoms with van der Waals surface area (Å²) in [5.41, 5.74) is -1.31. The number of piperazine rings is 1. The van der Waals surface area contributed by atoms with Crippen molar-refractivity contribution in [2.24, 2.45) is 0 Å². The Bertz CT molecular complexity index is 902. The van der Waals surface area contributed by atoms with Crippen LogP contribution in [0.4, 0.5) is 14.5 Å². The van der Waals surface area contributed by atoms with Gasteiger partial charge in [-0.3, -0.25) is 9.20 Å². The van der Waals surface area contributed by atoms with Crippen molar-refractivity contribution in [3.8, 4) is 0 Å². The molecule has 3 rings (SSSR count). The van der Waals surface area contributed by atoms with Crippen LogP contribution in [0.3, 0.4) is 0 Å². The second kappa shape index (κ2) is 6.44. The highest BCUT2D eigenvalue weighted by molar-refractivity contribution is 5.88. The Balaban J connectivity index is 2.28. The lowest BCUT2D eigenvalue weighted by Crippen LogP contribution is -2.45. The molecule has 6 nitrogen and oxygen atoms in total.